The Kier molecular flexibility index (Phi) is 7.20. The monoisotopic (exact) mass is 422 g/mol. The van der Waals surface area contributed by atoms with E-state index < -0.39 is 0 Å². The second-order valence-corrected chi connectivity index (χ2v) is 7.19. The van der Waals surface area contributed by atoms with Crippen LogP contribution < -0.4 is 15.2 Å². The van der Waals surface area contributed by atoms with Crippen LogP contribution in [0.2, 0.25) is 0 Å². The van der Waals surface area contributed by atoms with Gasteiger partial charge in [-0.2, -0.15) is 0 Å². The molecule has 142 valence electrons. The van der Waals surface area contributed by atoms with E-state index in [4.69, 9.17) is 15.2 Å². The van der Waals surface area contributed by atoms with Gasteiger partial charge in [0.2, 0.25) is 5.88 Å². The van der Waals surface area contributed by atoms with Gasteiger partial charge in [-0.05, 0) is 40.8 Å². The maximum absolute atomic E-state index is 6.07. The summed E-state index contributed by atoms with van der Waals surface area (Å²) in [5.41, 5.74) is 8.71. The Labute approximate surface area is 163 Å². The van der Waals surface area contributed by atoms with E-state index >= 15 is 0 Å². The maximum atomic E-state index is 6.07. The lowest BCUT2D eigenvalue weighted by molar-refractivity contribution is 0.185. The summed E-state index contributed by atoms with van der Waals surface area (Å²) in [5, 5.41) is 0. The van der Waals surface area contributed by atoms with E-state index in [-0.39, 0.29) is 6.10 Å². The van der Waals surface area contributed by atoms with E-state index in [0.717, 1.165) is 29.8 Å². The minimum absolute atomic E-state index is 0.0808. The third kappa shape index (κ3) is 4.84. The molecule has 0 aliphatic rings. The molecule has 0 aliphatic heterocycles. The number of nitrogen functional groups attached to an aromatic ring is 1. The zero-order chi connectivity index (χ0) is 19.3. The molecule has 0 spiro atoms. The molecule has 7 heteroatoms. The summed E-state index contributed by atoms with van der Waals surface area (Å²) in [7, 11) is 1.62. The third-order valence-corrected chi connectivity index (χ3v) is 4.84. The number of hydrogen-bond donors (Lipinski definition) is 1. The Balaban J connectivity index is 2.29. The highest BCUT2D eigenvalue weighted by Crippen LogP contribution is 2.28. The minimum atomic E-state index is 0.0808. The predicted octanol–water partition coefficient (Wildman–Crippen LogP) is 4.51. The van der Waals surface area contributed by atoms with Crippen LogP contribution in [0.4, 0.5) is 5.82 Å². The zero-order valence-electron chi connectivity index (χ0n) is 16.0. The van der Waals surface area contributed by atoms with Crippen LogP contribution >= 0.6 is 15.9 Å². The van der Waals surface area contributed by atoms with Gasteiger partial charge in [-0.3, -0.25) is 0 Å². The average molecular weight is 423 g/mol. The molecule has 2 aromatic rings. The Hall–Kier alpha value is -1.89. The highest BCUT2D eigenvalue weighted by molar-refractivity contribution is 9.10. The number of anilines is 1. The van der Waals surface area contributed by atoms with Gasteiger partial charge in [0.25, 0.3) is 5.88 Å². The van der Waals surface area contributed by atoms with Gasteiger partial charge < -0.3 is 15.2 Å². The van der Waals surface area contributed by atoms with Gasteiger partial charge in [0.15, 0.2) is 5.82 Å². The van der Waals surface area contributed by atoms with Gasteiger partial charge in [0, 0.05) is 17.7 Å². The number of hydrogen-bond acceptors (Lipinski definition) is 6. The molecule has 0 amide bonds. The molecule has 0 atom stereocenters. The Morgan fingerprint density at radius 3 is 2.35 bits per heavy atom. The van der Waals surface area contributed by atoms with Crippen molar-refractivity contribution in [1.82, 2.24) is 15.0 Å². The van der Waals surface area contributed by atoms with Crippen LogP contribution in [0.3, 0.4) is 0 Å². The van der Waals surface area contributed by atoms with Gasteiger partial charge in [0.1, 0.15) is 10.7 Å². The van der Waals surface area contributed by atoms with Crippen molar-refractivity contribution in [2.24, 2.45) is 0 Å². The van der Waals surface area contributed by atoms with Gasteiger partial charge >= 0.3 is 0 Å². The number of methoxy groups -OCH3 is 1. The fourth-order valence-corrected chi connectivity index (χ4v) is 2.95. The molecule has 2 rings (SSSR count). The zero-order valence-corrected chi connectivity index (χ0v) is 17.6. The number of pyridine rings is 1. The van der Waals surface area contributed by atoms with Crippen LogP contribution in [0.1, 0.15) is 63.4 Å². The molecule has 0 aliphatic carbocycles. The first-order chi connectivity index (χ1) is 12.4. The smallest absolute Gasteiger partial charge is 0.258 e. The second-order valence-electron chi connectivity index (χ2n) is 6.44. The molecule has 6 nitrogen and oxygen atoms in total. The van der Waals surface area contributed by atoms with E-state index in [1.54, 1.807) is 7.11 Å². The number of aromatic nitrogens is 3. The normalized spacial score (nSPS) is 11.2. The summed E-state index contributed by atoms with van der Waals surface area (Å²) in [5.74, 6) is 1.60. The third-order valence-electron chi connectivity index (χ3n) is 4.20. The van der Waals surface area contributed by atoms with Crippen LogP contribution in [0.15, 0.2) is 16.7 Å². The lowest BCUT2D eigenvalue weighted by Crippen LogP contribution is -2.17. The van der Waals surface area contributed by atoms with E-state index in [1.807, 2.05) is 12.1 Å². The number of nitrogens with zero attached hydrogens (tertiary/aromatic N) is 3. The van der Waals surface area contributed by atoms with Crippen molar-refractivity contribution in [3.8, 4) is 11.8 Å². The van der Waals surface area contributed by atoms with Crippen molar-refractivity contribution < 1.29 is 9.47 Å². The molecular formula is C19H27BrN4O2. The standard InChI is InChI=1S/C19H27BrN4O2/c1-6-13(7-2)26-19-17(21)22-15(16(20)24-19)10-12-8-9-14(11(3)4)23-18(12)25-5/h8-9,11,13H,6-7,10H2,1-5H3,(H2,21,22). The molecule has 0 radical (unpaired) electrons. The van der Waals surface area contributed by atoms with E-state index in [0.29, 0.717) is 34.5 Å². The molecule has 0 bridgehead atoms. The van der Waals surface area contributed by atoms with Gasteiger partial charge in [-0.25, -0.2) is 15.0 Å². The summed E-state index contributed by atoms with van der Waals surface area (Å²) in [4.78, 5) is 13.5. The molecule has 0 unspecified atom stereocenters. The first-order valence-corrected chi connectivity index (χ1v) is 9.71. The first kappa shape index (κ1) is 20.4. The molecule has 0 saturated carbocycles. The predicted molar refractivity (Wildman–Crippen MR) is 107 cm³/mol. The Morgan fingerprint density at radius 2 is 1.77 bits per heavy atom. The molecule has 26 heavy (non-hydrogen) atoms. The number of ether oxygens (including phenoxy) is 2. The second kappa shape index (κ2) is 9.16. The number of halogens is 1. The average Bonchev–Trinajstić information content (AvgIpc) is 2.63. The van der Waals surface area contributed by atoms with E-state index in [2.05, 4.69) is 58.6 Å². The van der Waals surface area contributed by atoms with Crippen molar-refractivity contribution in [1.29, 1.82) is 0 Å². The van der Waals surface area contributed by atoms with Crippen LogP contribution in [-0.4, -0.2) is 28.2 Å². The minimum Gasteiger partial charge on any atom is -0.481 e. The molecule has 2 heterocycles. The summed E-state index contributed by atoms with van der Waals surface area (Å²) in [6, 6.07) is 4.03. The Bertz CT molecular complexity index is 749. The molecule has 2 N–H and O–H groups in total. The van der Waals surface area contributed by atoms with E-state index in [1.165, 1.54) is 0 Å². The molecule has 0 fully saturated rings. The fraction of sp³-hybridized carbons (Fsp3) is 0.526. The molecular weight excluding hydrogens is 396 g/mol. The van der Waals surface area contributed by atoms with Crippen LogP contribution in [0.25, 0.3) is 0 Å². The van der Waals surface area contributed by atoms with Crippen molar-refractivity contribution in [3.63, 3.8) is 0 Å². The summed E-state index contributed by atoms with van der Waals surface area (Å²) in [6.07, 6.45) is 2.37. The highest BCUT2D eigenvalue weighted by Gasteiger charge is 2.17. The topological polar surface area (TPSA) is 83.2 Å². The molecule has 0 aromatic carbocycles. The Morgan fingerprint density at radius 1 is 1.08 bits per heavy atom. The van der Waals surface area contributed by atoms with E-state index in [9.17, 15) is 0 Å². The molecule has 0 saturated heterocycles. The van der Waals surface area contributed by atoms with Crippen LogP contribution in [0.5, 0.6) is 11.8 Å². The van der Waals surface area contributed by atoms with Gasteiger partial charge in [-0.15, -0.1) is 0 Å². The lowest BCUT2D eigenvalue weighted by Gasteiger charge is -2.17. The van der Waals surface area contributed by atoms with Gasteiger partial charge in [0.05, 0.1) is 12.8 Å². The number of rotatable bonds is 8. The van der Waals surface area contributed by atoms with Crippen molar-refractivity contribution in [2.75, 3.05) is 12.8 Å². The van der Waals surface area contributed by atoms with Gasteiger partial charge in [-0.1, -0.05) is 33.8 Å². The summed E-state index contributed by atoms with van der Waals surface area (Å²) < 4.78 is 11.9. The summed E-state index contributed by atoms with van der Waals surface area (Å²) in [6.45, 7) is 8.34. The molecule has 2 aromatic heterocycles. The van der Waals surface area contributed by atoms with Crippen molar-refractivity contribution in [3.05, 3.63) is 33.7 Å². The number of nitrogens with two attached hydrogens (primary N) is 1. The highest BCUT2D eigenvalue weighted by atomic mass is 79.9. The van der Waals surface area contributed by atoms with Crippen molar-refractivity contribution in [2.45, 2.75) is 59.0 Å². The van der Waals surface area contributed by atoms with Crippen molar-refractivity contribution >= 4 is 21.7 Å². The SMILES string of the molecule is CCC(CC)Oc1nc(Br)c(Cc2ccc(C(C)C)nc2OC)nc1N. The van der Waals surface area contributed by atoms with Crippen LogP contribution in [0, 0.1) is 0 Å². The largest absolute Gasteiger partial charge is 0.481 e. The fourth-order valence-electron chi connectivity index (χ4n) is 2.56. The van der Waals surface area contributed by atoms with Crippen LogP contribution in [-0.2, 0) is 6.42 Å². The first-order valence-electron chi connectivity index (χ1n) is 8.91. The maximum Gasteiger partial charge on any atom is 0.258 e. The lowest BCUT2D eigenvalue weighted by atomic mass is 10.1. The summed E-state index contributed by atoms with van der Waals surface area (Å²) >= 11 is 3.49. The quantitative estimate of drug-likeness (QED) is 0.673.